The number of hydrogen-bond acceptors (Lipinski definition) is 3. The van der Waals surface area contributed by atoms with Crippen molar-refractivity contribution in [3.8, 4) is 0 Å². The molecule has 98 valence electrons. The molecule has 0 aromatic heterocycles. The van der Waals surface area contributed by atoms with Gasteiger partial charge in [0.25, 0.3) is 0 Å². The Bertz CT molecular complexity index is 724. The summed E-state index contributed by atoms with van der Waals surface area (Å²) in [5.41, 5.74) is -0.475. The highest BCUT2D eigenvalue weighted by atomic mass is 35.5. The molecule has 0 fully saturated rings. The molecule has 0 amide bonds. The number of hydrogen-bond donors (Lipinski definition) is 0. The third-order valence-electron chi connectivity index (χ3n) is 2.54. The minimum absolute atomic E-state index is 0.0504. The van der Waals surface area contributed by atoms with Gasteiger partial charge in [-0.05, 0) is 36.4 Å². The first-order valence-electron chi connectivity index (χ1n) is 5.21. The Kier molecular flexibility index (Phi) is 3.68. The third kappa shape index (κ3) is 2.52. The van der Waals surface area contributed by atoms with E-state index in [0.717, 1.165) is 6.07 Å². The van der Waals surface area contributed by atoms with E-state index in [-0.39, 0.29) is 16.1 Å². The summed E-state index contributed by atoms with van der Waals surface area (Å²) in [7, 11) is -3.95. The fraction of sp³-hybridized carbons (Fsp3) is 0. The Morgan fingerprint density at radius 2 is 1.68 bits per heavy atom. The first kappa shape index (κ1) is 13.7. The summed E-state index contributed by atoms with van der Waals surface area (Å²) < 4.78 is 38.1. The second-order valence-corrected chi connectivity index (χ2v) is 6.08. The fourth-order valence-corrected chi connectivity index (χ4v) is 3.17. The van der Waals surface area contributed by atoms with Crippen LogP contribution >= 0.6 is 11.6 Å². The molecule has 0 aliphatic carbocycles. The van der Waals surface area contributed by atoms with E-state index in [0.29, 0.717) is 5.02 Å². The van der Waals surface area contributed by atoms with Gasteiger partial charge in [0.15, 0.2) is 6.29 Å². The Balaban J connectivity index is 2.67. The average molecular weight is 299 g/mol. The van der Waals surface area contributed by atoms with E-state index >= 15 is 0 Å². The molecule has 3 nitrogen and oxygen atoms in total. The minimum atomic E-state index is -3.95. The summed E-state index contributed by atoms with van der Waals surface area (Å²) in [6.07, 6.45) is 0.193. The van der Waals surface area contributed by atoms with E-state index in [9.17, 15) is 17.6 Å². The molecule has 2 aromatic rings. The maximum Gasteiger partial charge on any atom is 0.207 e. The molecule has 6 heteroatoms. The molecule has 19 heavy (non-hydrogen) atoms. The van der Waals surface area contributed by atoms with Crippen LogP contribution in [0.25, 0.3) is 0 Å². The van der Waals surface area contributed by atoms with Crippen LogP contribution in [-0.4, -0.2) is 14.7 Å². The summed E-state index contributed by atoms with van der Waals surface area (Å²) in [6.45, 7) is 0. The molecule has 0 atom stereocenters. The highest BCUT2D eigenvalue weighted by Crippen LogP contribution is 2.25. The van der Waals surface area contributed by atoms with Gasteiger partial charge < -0.3 is 0 Å². The molecule has 2 rings (SSSR count). The van der Waals surface area contributed by atoms with Crippen LogP contribution in [0.3, 0.4) is 0 Å². The zero-order valence-electron chi connectivity index (χ0n) is 9.51. The van der Waals surface area contributed by atoms with Gasteiger partial charge >= 0.3 is 0 Å². The van der Waals surface area contributed by atoms with E-state index in [4.69, 9.17) is 11.6 Å². The lowest BCUT2D eigenvalue weighted by atomic mass is 10.2. The largest absolute Gasteiger partial charge is 0.298 e. The van der Waals surface area contributed by atoms with Gasteiger partial charge in [-0.2, -0.15) is 0 Å². The summed E-state index contributed by atoms with van der Waals surface area (Å²) in [5.74, 6) is -0.870. The lowest BCUT2D eigenvalue weighted by Crippen LogP contribution is -2.07. The zero-order valence-corrected chi connectivity index (χ0v) is 11.1. The number of carbonyl (C=O) groups is 1. The van der Waals surface area contributed by atoms with Crippen molar-refractivity contribution in [1.29, 1.82) is 0 Å². The van der Waals surface area contributed by atoms with Gasteiger partial charge in [0, 0.05) is 5.02 Å². The first-order chi connectivity index (χ1) is 8.96. The van der Waals surface area contributed by atoms with Crippen molar-refractivity contribution in [1.82, 2.24) is 0 Å². The highest BCUT2D eigenvalue weighted by molar-refractivity contribution is 7.91. The van der Waals surface area contributed by atoms with Crippen LogP contribution in [-0.2, 0) is 9.84 Å². The molecule has 0 aliphatic heterocycles. The SMILES string of the molecule is O=Cc1c(F)cccc1S(=O)(=O)c1ccc(Cl)cc1. The van der Waals surface area contributed by atoms with Gasteiger partial charge in [0.05, 0.1) is 15.4 Å². The van der Waals surface area contributed by atoms with Crippen molar-refractivity contribution in [2.45, 2.75) is 9.79 Å². The number of halogens is 2. The molecular formula is C13H8ClFO3S. The zero-order chi connectivity index (χ0) is 14.0. The highest BCUT2D eigenvalue weighted by Gasteiger charge is 2.22. The second-order valence-electron chi connectivity index (χ2n) is 3.73. The van der Waals surface area contributed by atoms with E-state index < -0.39 is 21.2 Å². The van der Waals surface area contributed by atoms with Crippen molar-refractivity contribution in [2.75, 3.05) is 0 Å². The van der Waals surface area contributed by atoms with Gasteiger partial charge in [-0.1, -0.05) is 17.7 Å². The van der Waals surface area contributed by atoms with Gasteiger partial charge in [-0.25, -0.2) is 12.8 Å². The molecular weight excluding hydrogens is 291 g/mol. The number of benzene rings is 2. The van der Waals surface area contributed by atoms with Crippen molar-refractivity contribution >= 4 is 27.7 Å². The number of rotatable bonds is 3. The maximum absolute atomic E-state index is 13.4. The Hall–Kier alpha value is -1.72. The van der Waals surface area contributed by atoms with Gasteiger partial charge in [-0.15, -0.1) is 0 Å². The van der Waals surface area contributed by atoms with E-state index in [1.54, 1.807) is 0 Å². The lowest BCUT2D eigenvalue weighted by molar-refractivity contribution is 0.111. The van der Waals surface area contributed by atoms with Crippen LogP contribution in [0.5, 0.6) is 0 Å². The summed E-state index contributed by atoms with van der Waals surface area (Å²) in [5, 5.41) is 0.383. The topological polar surface area (TPSA) is 51.2 Å². The molecule has 0 N–H and O–H groups in total. The predicted octanol–water partition coefficient (Wildman–Crippen LogP) is 3.12. The molecule has 0 saturated heterocycles. The molecule has 0 saturated carbocycles. The molecule has 0 spiro atoms. The number of aldehydes is 1. The van der Waals surface area contributed by atoms with Gasteiger partial charge in [0.1, 0.15) is 5.82 Å². The first-order valence-corrected chi connectivity index (χ1v) is 7.07. The van der Waals surface area contributed by atoms with Crippen LogP contribution < -0.4 is 0 Å². The van der Waals surface area contributed by atoms with Crippen LogP contribution in [0.1, 0.15) is 10.4 Å². The van der Waals surface area contributed by atoms with Gasteiger partial charge in [0.2, 0.25) is 9.84 Å². The predicted molar refractivity (Wildman–Crippen MR) is 68.7 cm³/mol. The summed E-state index contributed by atoms with van der Waals surface area (Å²) >= 11 is 5.68. The molecule has 0 bridgehead atoms. The van der Waals surface area contributed by atoms with Crippen molar-refractivity contribution in [3.63, 3.8) is 0 Å². The van der Waals surface area contributed by atoms with E-state index in [1.165, 1.54) is 36.4 Å². The van der Waals surface area contributed by atoms with E-state index in [1.807, 2.05) is 0 Å². The fourth-order valence-electron chi connectivity index (χ4n) is 1.61. The van der Waals surface area contributed by atoms with Crippen molar-refractivity contribution in [3.05, 3.63) is 58.9 Å². The standard InChI is InChI=1S/C13H8ClFO3S/c14-9-4-6-10(7-5-9)19(17,18)13-3-1-2-12(15)11(13)8-16/h1-8H. The van der Waals surface area contributed by atoms with Gasteiger partial charge in [-0.3, -0.25) is 4.79 Å². The molecule has 0 radical (unpaired) electrons. The third-order valence-corrected chi connectivity index (χ3v) is 4.62. The van der Waals surface area contributed by atoms with Crippen LogP contribution in [0, 0.1) is 5.82 Å². The number of sulfone groups is 1. The van der Waals surface area contributed by atoms with Crippen molar-refractivity contribution in [2.24, 2.45) is 0 Å². The molecule has 0 aliphatic rings. The normalized spacial score (nSPS) is 11.3. The summed E-state index contributed by atoms with van der Waals surface area (Å²) in [6, 6.07) is 8.89. The Morgan fingerprint density at radius 1 is 1.05 bits per heavy atom. The Morgan fingerprint density at radius 3 is 2.26 bits per heavy atom. The quantitative estimate of drug-likeness (QED) is 0.818. The average Bonchev–Trinajstić information content (AvgIpc) is 2.39. The molecule has 0 unspecified atom stereocenters. The van der Waals surface area contributed by atoms with E-state index in [2.05, 4.69) is 0 Å². The van der Waals surface area contributed by atoms with Crippen LogP contribution in [0.2, 0.25) is 5.02 Å². The summed E-state index contributed by atoms with van der Waals surface area (Å²) in [4.78, 5) is 10.4. The van der Waals surface area contributed by atoms with Crippen LogP contribution in [0.15, 0.2) is 52.3 Å². The van der Waals surface area contributed by atoms with Crippen LogP contribution in [0.4, 0.5) is 4.39 Å². The maximum atomic E-state index is 13.4. The van der Waals surface area contributed by atoms with Crippen molar-refractivity contribution < 1.29 is 17.6 Å². The molecule has 2 aromatic carbocycles. The minimum Gasteiger partial charge on any atom is -0.298 e. The second kappa shape index (κ2) is 5.11. The monoisotopic (exact) mass is 298 g/mol. The molecule has 0 heterocycles. The Labute approximate surface area is 114 Å². The lowest BCUT2D eigenvalue weighted by Gasteiger charge is -2.07. The smallest absolute Gasteiger partial charge is 0.207 e. The number of carbonyl (C=O) groups excluding carboxylic acids is 1.